The lowest BCUT2D eigenvalue weighted by Gasteiger charge is -2.34. The molecule has 7 heteroatoms. The third kappa shape index (κ3) is 5.44. The van der Waals surface area contributed by atoms with E-state index in [0.717, 1.165) is 44.3 Å². The van der Waals surface area contributed by atoms with Crippen LogP contribution in [0, 0.1) is 17.7 Å². The Labute approximate surface area is 166 Å². The van der Waals surface area contributed by atoms with Crippen molar-refractivity contribution >= 4 is 23.3 Å². The third-order valence-electron chi connectivity index (χ3n) is 5.45. The van der Waals surface area contributed by atoms with Crippen molar-refractivity contribution in [1.82, 2.24) is 10.2 Å². The number of carbonyl (C=O) groups excluding carboxylic acids is 2. The number of rotatable bonds is 6. The van der Waals surface area contributed by atoms with Gasteiger partial charge in [0.25, 0.3) is 0 Å². The molecular formula is C21H31FN4O2. The van der Waals surface area contributed by atoms with Crippen molar-refractivity contribution in [2.45, 2.75) is 39.5 Å². The fourth-order valence-corrected chi connectivity index (χ4v) is 4.35. The number of likely N-dealkylation sites (tertiary alicyclic amines) is 1. The molecule has 28 heavy (non-hydrogen) atoms. The van der Waals surface area contributed by atoms with Crippen molar-refractivity contribution in [3.05, 3.63) is 24.0 Å². The molecule has 2 N–H and O–H groups in total. The first-order valence-electron chi connectivity index (χ1n) is 10.3. The molecule has 2 heterocycles. The Hall–Kier alpha value is -2.15. The van der Waals surface area contributed by atoms with E-state index < -0.39 is 5.82 Å². The van der Waals surface area contributed by atoms with Gasteiger partial charge in [-0.2, -0.15) is 0 Å². The van der Waals surface area contributed by atoms with Crippen LogP contribution in [0.3, 0.4) is 0 Å². The predicted molar refractivity (Wildman–Crippen MR) is 109 cm³/mol. The molecule has 0 aliphatic carbocycles. The highest BCUT2D eigenvalue weighted by molar-refractivity contribution is 5.97. The number of nitrogens with one attached hydrogen (secondary N) is 2. The van der Waals surface area contributed by atoms with E-state index in [-0.39, 0.29) is 17.6 Å². The first-order valence-corrected chi connectivity index (χ1v) is 10.3. The van der Waals surface area contributed by atoms with Crippen molar-refractivity contribution in [3.8, 4) is 0 Å². The highest BCUT2D eigenvalue weighted by atomic mass is 19.1. The summed E-state index contributed by atoms with van der Waals surface area (Å²) in [7, 11) is 0. The van der Waals surface area contributed by atoms with Crippen LogP contribution in [0.25, 0.3) is 0 Å². The molecule has 0 radical (unpaired) electrons. The topological polar surface area (TPSA) is 64.7 Å². The fraction of sp³-hybridized carbons (Fsp3) is 0.619. The zero-order valence-electron chi connectivity index (χ0n) is 16.8. The molecule has 3 amide bonds. The normalized spacial score (nSPS) is 23.1. The summed E-state index contributed by atoms with van der Waals surface area (Å²) in [5.41, 5.74) is 0.709. The Bertz CT molecular complexity index is 702. The van der Waals surface area contributed by atoms with E-state index in [0.29, 0.717) is 25.2 Å². The number of piperidine rings is 1. The van der Waals surface area contributed by atoms with Crippen molar-refractivity contribution in [3.63, 3.8) is 0 Å². The number of nitrogens with zero attached hydrogens (tertiary/aromatic N) is 2. The highest BCUT2D eigenvalue weighted by Gasteiger charge is 2.24. The molecular weight excluding hydrogens is 359 g/mol. The number of carbonyl (C=O) groups is 2. The molecule has 1 aromatic rings. The molecule has 2 unspecified atom stereocenters. The Morgan fingerprint density at radius 2 is 2.00 bits per heavy atom. The first kappa shape index (κ1) is 20.6. The van der Waals surface area contributed by atoms with Crippen molar-refractivity contribution in [1.29, 1.82) is 0 Å². The molecule has 0 aromatic heterocycles. The largest absolute Gasteiger partial charge is 0.338 e. The van der Waals surface area contributed by atoms with E-state index in [1.54, 1.807) is 0 Å². The number of benzene rings is 1. The van der Waals surface area contributed by atoms with Crippen LogP contribution in [-0.4, -0.2) is 49.6 Å². The minimum absolute atomic E-state index is 0.0816. The summed E-state index contributed by atoms with van der Waals surface area (Å²) in [6, 6.07) is 4.00. The molecule has 0 spiro atoms. The Kier molecular flexibility index (Phi) is 6.88. The van der Waals surface area contributed by atoms with Crippen molar-refractivity contribution < 1.29 is 14.0 Å². The minimum Gasteiger partial charge on any atom is -0.338 e. The molecule has 2 fully saturated rings. The summed E-state index contributed by atoms with van der Waals surface area (Å²) in [6.45, 7) is 8.92. The van der Waals surface area contributed by atoms with E-state index in [1.165, 1.54) is 29.5 Å². The second-order valence-corrected chi connectivity index (χ2v) is 8.26. The van der Waals surface area contributed by atoms with Gasteiger partial charge in [-0.1, -0.05) is 13.8 Å². The highest BCUT2D eigenvalue weighted by Crippen LogP contribution is 2.27. The van der Waals surface area contributed by atoms with Gasteiger partial charge >= 0.3 is 6.03 Å². The molecule has 2 atom stereocenters. The standard InChI is InChI=1S/C21H31FN4O2/c1-15-11-16(2)14-25(13-15)9-4-8-23-21(28)24-17-6-7-18(22)19(12-17)26-10-3-5-20(26)27/h6-7,12,15-16H,3-5,8-11,13-14H2,1-2H3,(H2,23,24,28). The van der Waals surface area contributed by atoms with Crippen LogP contribution in [0.4, 0.5) is 20.6 Å². The Morgan fingerprint density at radius 3 is 2.68 bits per heavy atom. The molecule has 2 aliphatic rings. The molecule has 2 aliphatic heterocycles. The van der Waals surface area contributed by atoms with Crippen LogP contribution < -0.4 is 15.5 Å². The smallest absolute Gasteiger partial charge is 0.319 e. The second-order valence-electron chi connectivity index (χ2n) is 8.26. The maximum atomic E-state index is 14.1. The SMILES string of the molecule is CC1CC(C)CN(CCCNC(=O)Nc2ccc(F)c(N3CCCC3=O)c2)C1. The van der Waals surface area contributed by atoms with Gasteiger partial charge in [-0.15, -0.1) is 0 Å². The van der Waals surface area contributed by atoms with Crippen LogP contribution in [0.5, 0.6) is 0 Å². The molecule has 1 aromatic carbocycles. The van der Waals surface area contributed by atoms with Crippen LogP contribution in [0.15, 0.2) is 18.2 Å². The fourth-order valence-electron chi connectivity index (χ4n) is 4.35. The summed E-state index contributed by atoms with van der Waals surface area (Å²) in [5.74, 6) is 0.929. The molecule has 0 bridgehead atoms. The van der Waals surface area contributed by atoms with Gasteiger partial charge in [0.1, 0.15) is 5.82 Å². The predicted octanol–water partition coefficient (Wildman–Crippen LogP) is 3.44. The average Bonchev–Trinajstić information content (AvgIpc) is 3.05. The van der Waals surface area contributed by atoms with E-state index in [4.69, 9.17) is 0 Å². The summed E-state index contributed by atoms with van der Waals surface area (Å²) >= 11 is 0. The monoisotopic (exact) mass is 390 g/mol. The van der Waals surface area contributed by atoms with Crippen molar-refractivity contribution in [2.75, 3.05) is 42.9 Å². The number of hydrogen-bond donors (Lipinski definition) is 2. The van der Waals surface area contributed by atoms with Gasteiger partial charge in [-0.05, 0) is 55.8 Å². The quantitative estimate of drug-likeness (QED) is 0.732. The Morgan fingerprint density at radius 1 is 1.25 bits per heavy atom. The van der Waals surface area contributed by atoms with Crippen LogP contribution in [-0.2, 0) is 4.79 Å². The van der Waals surface area contributed by atoms with Gasteiger partial charge in [-0.25, -0.2) is 9.18 Å². The van der Waals surface area contributed by atoms with E-state index in [9.17, 15) is 14.0 Å². The van der Waals surface area contributed by atoms with Crippen LogP contribution in [0.1, 0.15) is 39.5 Å². The van der Waals surface area contributed by atoms with Gasteiger partial charge in [0.05, 0.1) is 5.69 Å². The van der Waals surface area contributed by atoms with Gasteiger partial charge in [0.2, 0.25) is 5.91 Å². The summed E-state index contributed by atoms with van der Waals surface area (Å²) in [5, 5.41) is 5.59. The summed E-state index contributed by atoms with van der Waals surface area (Å²) in [4.78, 5) is 27.9. The molecule has 154 valence electrons. The lowest BCUT2D eigenvalue weighted by molar-refractivity contribution is -0.117. The number of halogens is 1. The molecule has 2 saturated heterocycles. The maximum absolute atomic E-state index is 14.1. The van der Waals surface area contributed by atoms with Crippen LogP contribution >= 0.6 is 0 Å². The number of amides is 3. The van der Waals surface area contributed by atoms with Gasteiger partial charge in [-0.3, -0.25) is 4.79 Å². The average molecular weight is 391 g/mol. The maximum Gasteiger partial charge on any atom is 0.319 e. The molecule has 0 saturated carbocycles. The van der Waals surface area contributed by atoms with Gasteiger partial charge < -0.3 is 20.4 Å². The molecule has 3 rings (SSSR count). The van der Waals surface area contributed by atoms with Gasteiger partial charge in [0.15, 0.2) is 0 Å². The minimum atomic E-state index is -0.453. The number of urea groups is 1. The summed E-state index contributed by atoms with van der Waals surface area (Å²) in [6.07, 6.45) is 3.35. The van der Waals surface area contributed by atoms with Gasteiger partial charge in [0, 0.05) is 38.3 Å². The van der Waals surface area contributed by atoms with Crippen LogP contribution in [0.2, 0.25) is 0 Å². The second kappa shape index (κ2) is 9.37. The van der Waals surface area contributed by atoms with E-state index >= 15 is 0 Å². The van der Waals surface area contributed by atoms with E-state index in [1.807, 2.05) is 0 Å². The third-order valence-corrected chi connectivity index (χ3v) is 5.45. The lowest BCUT2D eigenvalue weighted by atomic mass is 9.92. The summed E-state index contributed by atoms with van der Waals surface area (Å²) < 4.78 is 14.1. The zero-order valence-corrected chi connectivity index (χ0v) is 16.8. The van der Waals surface area contributed by atoms with E-state index in [2.05, 4.69) is 29.4 Å². The number of anilines is 2. The first-order chi connectivity index (χ1) is 13.4. The lowest BCUT2D eigenvalue weighted by Crippen LogP contribution is -2.40. The number of hydrogen-bond acceptors (Lipinski definition) is 3. The Balaban J connectivity index is 1.44. The molecule has 6 nitrogen and oxygen atoms in total. The van der Waals surface area contributed by atoms with Crippen molar-refractivity contribution in [2.24, 2.45) is 11.8 Å². The zero-order chi connectivity index (χ0) is 20.1.